The molecule has 0 N–H and O–H groups in total. The van der Waals surface area contributed by atoms with Gasteiger partial charge in [-0.25, -0.2) is 0 Å². The first kappa shape index (κ1) is 26.6. The molecule has 2 aliphatic rings. The zero-order chi connectivity index (χ0) is 26.7. The van der Waals surface area contributed by atoms with Crippen LogP contribution in [0, 0.1) is 5.92 Å². The van der Waals surface area contributed by atoms with E-state index in [-0.39, 0.29) is 17.7 Å². The van der Waals surface area contributed by atoms with Crippen LogP contribution < -0.4 is 9.64 Å². The normalized spacial score (nSPS) is 20.6. The van der Waals surface area contributed by atoms with Gasteiger partial charge in [-0.15, -0.1) is 11.3 Å². The maximum Gasteiger partial charge on any atom is 0.416 e. The molecule has 2 unspecified atom stereocenters. The molecule has 1 amide bonds. The van der Waals surface area contributed by atoms with E-state index >= 15 is 0 Å². The maximum atomic E-state index is 13.5. The number of nitrogens with zero attached hydrogens (tertiary/aromatic N) is 3. The highest BCUT2D eigenvalue weighted by atomic mass is 32.1. The molecule has 9 heteroatoms. The molecule has 38 heavy (non-hydrogen) atoms. The van der Waals surface area contributed by atoms with Crippen molar-refractivity contribution in [3.63, 3.8) is 0 Å². The van der Waals surface area contributed by atoms with Crippen molar-refractivity contribution in [3.8, 4) is 5.75 Å². The van der Waals surface area contributed by atoms with Crippen molar-refractivity contribution in [2.45, 2.75) is 18.5 Å². The molecule has 0 saturated carbocycles. The Morgan fingerprint density at radius 2 is 1.79 bits per heavy atom. The molecule has 2 saturated heterocycles. The van der Waals surface area contributed by atoms with Gasteiger partial charge in [0.05, 0.1) is 19.1 Å². The van der Waals surface area contributed by atoms with Crippen molar-refractivity contribution >= 4 is 22.9 Å². The van der Waals surface area contributed by atoms with Crippen LogP contribution >= 0.6 is 11.3 Å². The van der Waals surface area contributed by atoms with Gasteiger partial charge >= 0.3 is 6.18 Å². The summed E-state index contributed by atoms with van der Waals surface area (Å²) in [5, 5.41) is 1.95. The number of thiophene rings is 1. The van der Waals surface area contributed by atoms with E-state index in [0.717, 1.165) is 55.1 Å². The minimum absolute atomic E-state index is 0.0368. The highest BCUT2D eigenvalue weighted by Crippen LogP contribution is 2.37. The highest BCUT2D eigenvalue weighted by Gasteiger charge is 2.39. The fourth-order valence-corrected chi connectivity index (χ4v) is 6.28. The number of carbonyl (C=O) groups is 1. The van der Waals surface area contributed by atoms with Crippen molar-refractivity contribution in [1.82, 2.24) is 9.80 Å². The molecule has 0 aliphatic carbocycles. The Hall–Kier alpha value is -3.04. The number of anilines is 1. The summed E-state index contributed by atoms with van der Waals surface area (Å²) in [6.45, 7) is 5.17. The lowest BCUT2D eigenvalue weighted by atomic mass is 9.87. The van der Waals surface area contributed by atoms with E-state index in [2.05, 4.69) is 15.9 Å². The molecule has 5 rings (SSSR count). The van der Waals surface area contributed by atoms with Crippen molar-refractivity contribution in [2.24, 2.45) is 5.92 Å². The summed E-state index contributed by atoms with van der Waals surface area (Å²) in [4.78, 5) is 20.7. The van der Waals surface area contributed by atoms with Crippen LogP contribution in [-0.4, -0.2) is 68.6 Å². The molecule has 5 nitrogen and oxygen atoms in total. The predicted octanol–water partition coefficient (Wildman–Crippen LogP) is 5.38. The van der Waals surface area contributed by atoms with Gasteiger partial charge in [0, 0.05) is 68.4 Å². The summed E-state index contributed by atoms with van der Waals surface area (Å²) in [7, 11) is 1.66. The molecule has 202 valence electrons. The van der Waals surface area contributed by atoms with Crippen molar-refractivity contribution in [3.05, 3.63) is 82.0 Å². The van der Waals surface area contributed by atoms with Gasteiger partial charge in [-0.2, -0.15) is 13.2 Å². The van der Waals surface area contributed by atoms with E-state index in [4.69, 9.17) is 4.74 Å². The number of likely N-dealkylation sites (tertiary alicyclic amines) is 1. The molecule has 1 aromatic heterocycles. The van der Waals surface area contributed by atoms with Gasteiger partial charge in [0.1, 0.15) is 5.75 Å². The number of halogens is 3. The zero-order valence-corrected chi connectivity index (χ0v) is 22.2. The number of carbonyl (C=O) groups excluding carboxylic acids is 1. The Balaban J connectivity index is 1.29. The summed E-state index contributed by atoms with van der Waals surface area (Å²) >= 11 is 1.55. The summed E-state index contributed by atoms with van der Waals surface area (Å²) < 4.78 is 45.8. The first-order valence-electron chi connectivity index (χ1n) is 12.9. The van der Waals surface area contributed by atoms with Crippen LogP contribution in [0.4, 0.5) is 18.9 Å². The lowest BCUT2D eigenvalue weighted by molar-refractivity contribution is -0.137. The number of hydrogen-bond donors (Lipinski definition) is 0. The highest BCUT2D eigenvalue weighted by molar-refractivity contribution is 7.10. The largest absolute Gasteiger partial charge is 0.497 e. The standard InChI is InChI=1S/C29H32F3N3O2S/c1-37-25-8-3-7-24(16-25)34-12-10-33(11-13-34)18-22-19-35(28(36)17-26-9-4-14-38-26)20-27(22)21-5-2-6-23(15-21)29(30,31)32/h2-9,14-16,22,27H,10-13,17-20H2,1H3. The van der Waals surface area contributed by atoms with Gasteiger partial charge in [0.15, 0.2) is 0 Å². The number of amides is 1. The monoisotopic (exact) mass is 543 g/mol. The first-order chi connectivity index (χ1) is 18.3. The molecule has 0 radical (unpaired) electrons. The second-order valence-electron chi connectivity index (χ2n) is 10.0. The molecule has 2 atom stereocenters. The van der Waals surface area contributed by atoms with E-state index in [0.29, 0.717) is 25.1 Å². The van der Waals surface area contributed by atoms with Crippen LogP contribution in [0.3, 0.4) is 0 Å². The van der Waals surface area contributed by atoms with Crippen LogP contribution in [0.5, 0.6) is 5.75 Å². The fourth-order valence-electron chi connectivity index (χ4n) is 5.58. The molecule has 0 bridgehead atoms. The van der Waals surface area contributed by atoms with Gasteiger partial charge in [-0.05, 0) is 41.1 Å². The molecule has 3 heterocycles. The number of alkyl halides is 3. The summed E-state index contributed by atoms with van der Waals surface area (Å²) in [6, 6.07) is 17.6. The van der Waals surface area contributed by atoms with Crippen LogP contribution in [0.1, 0.15) is 21.9 Å². The Morgan fingerprint density at radius 1 is 1.00 bits per heavy atom. The number of benzene rings is 2. The minimum Gasteiger partial charge on any atom is -0.497 e. The quantitative estimate of drug-likeness (QED) is 0.401. The molecule has 0 spiro atoms. The number of rotatable bonds is 7. The number of hydrogen-bond acceptors (Lipinski definition) is 5. The lowest BCUT2D eigenvalue weighted by Crippen LogP contribution is -2.48. The van der Waals surface area contributed by atoms with E-state index in [9.17, 15) is 18.0 Å². The summed E-state index contributed by atoms with van der Waals surface area (Å²) in [6.07, 6.45) is -4.06. The third kappa shape index (κ3) is 6.15. The summed E-state index contributed by atoms with van der Waals surface area (Å²) in [5.74, 6) is 0.789. The fraction of sp³-hybridized carbons (Fsp3) is 0.414. The Labute approximate surface area is 225 Å². The van der Waals surface area contributed by atoms with Crippen molar-refractivity contribution < 1.29 is 22.7 Å². The average molecular weight is 544 g/mol. The van der Waals surface area contributed by atoms with Crippen LogP contribution in [0.15, 0.2) is 66.0 Å². The molecular formula is C29H32F3N3O2S. The van der Waals surface area contributed by atoms with Gasteiger partial charge in [0.2, 0.25) is 5.91 Å². The van der Waals surface area contributed by atoms with Crippen molar-refractivity contribution in [1.29, 1.82) is 0 Å². The average Bonchev–Trinajstić information content (AvgIpc) is 3.59. The molecule has 2 aromatic carbocycles. The first-order valence-corrected chi connectivity index (χ1v) is 13.8. The van der Waals surface area contributed by atoms with Gasteiger partial charge in [-0.1, -0.05) is 30.3 Å². The second-order valence-corrected chi connectivity index (χ2v) is 11.1. The van der Waals surface area contributed by atoms with Crippen molar-refractivity contribution in [2.75, 3.05) is 57.8 Å². The SMILES string of the molecule is COc1cccc(N2CCN(CC3CN(C(=O)Cc4cccs4)CC3c3cccc(C(F)(F)F)c3)CC2)c1. The third-order valence-corrected chi connectivity index (χ3v) is 8.50. The molecule has 3 aromatic rings. The van der Waals surface area contributed by atoms with E-state index in [1.807, 2.05) is 40.6 Å². The third-order valence-electron chi connectivity index (χ3n) is 7.62. The Bertz CT molecular complexity index is 1230. The molecule has 2 fully saturated rings. The van der Waals surface area contributed by atoms with Gasteiger partial charge in [-0.3, -0.25) is 9.69 Å². The molecule has 2 aliphatic heterocycles. The van der Waals surface area contributed by atoms with Crippen LogP contribution in [0.2, 0.25) is 0 Å². The number of methoxy groups -OCH3 is 1. The Morgan fingerprint density at radius 3 is 2.50 bits per heavy atom. The lowest BCUT2D eigenvalue weighted by Gasteiger charge is -2.38. The van der Waals surface area contributed by atoms with Crippen LogP contribution in [0.25, 0.3) is 0 Å². The number of ether oxygens (including phenoxy) is 1. The van der Waals surface area contributed by atoms with E-state index in [1.54, 1.807) is 24.5 Å². The van der Waals surface area contributed by atoms with Gasteiger partial charge in [0.25, 0.3) is 0 Å². The minimum atomic E-state index is -4.39. The van der Waals surface area contributed by atoms with Crippen LogP contribution in [-0.2, 0) is 17.4 Å². The number of piperazine rings is 1. The molecular weight excluding hydrogens is 511 g/mol. The van der Waals surface area contributed by atoms with E-state index in [1.165, 1.54) is 12.1 Å². The second kappa shape index (κ2) is 11.4. The van der Waals surface area contributed by atoms with E-state index < -0.39 is 11.7 Å². The topological polar surface area (TPSA) is 36.0 Å². The Kier molecular flexibility index (Phi) is 7.95. The maximum absolute atomic E-state index is 13.5. The predicted molar refractivity (Wildman–Crippen MR) is 144 cm³/mol. The zero-order valence-electron chi connectivity index (χ0n) is 21.4. The summed E-state index contributed by atoms with van der Waals surface area (Å²) in [5.41, 5.74) is 1.15. The van der Waals surface area contributed by atoms with Gasteiger partial charge < -0.3 is 14.5 Å². The smallest absolute Gasteiger partial charge is 0.416 e.